The average molecular weight is 220 g/mol. The fourth-order valence-corrected chi connectivity index (χ4v) is 1.63. The van der Waals surface area contributed by atoms with Gasteiger partial charge >= 0.3 is 0 Å². The predicted molar refractivity (Wildman–Crippen MR) is 58.9 cm³/mol. The number of nitrogens with zero attached hydrogens (tertiary/aromatic N) is 6. The second-order valence-electron chi connectivity index (χ2n) is 3.69. The molecule has 0 saturated heterocycles. The van der Waals surface area contributed by atoms with Gasteiger partial charge in [-0.15, -0.1) is 10.2 Å². The summed E-state index contributed by atoms with van der Waals surface area (Å²) in [4.78, 5) is 1.46. The molecule has 0 spiro atoms. The molecule has 0 radical (unpaired) electrons. The normalized spacial score (nSPS) is 10.9. The van der Waals surface area contributed by atoms with Crippen molar-refractivity contribution in [2.24, 2.45) is 7.05 Å². The second kappa shape index (κ2) is 4.42. The lowest BCUT2D eigenvalue weighted by atomic mass is 10.2. The summed E-state index contributed by atoms with van der Waals surface area (Å²) in [5.41, 5.74) is 2.32. The Morgan fingerprint density at radius 2 is 2.00 bits per heavy atom. The minimum Gasteiger partial charge on any atom is -0.262 e. The summed E-state index contributed by atoms with van der Waals surface area (Å²) < 4.78 is 1.95. The van der Waals surface area contributed by atoms with Gasteiger partial charge in [0, 0.05) is 5.69 Å². The molecule has 0 aliphatic carbocycles. The van der Waals surface area contributed by atoms with E-state index >= 15 is 0 Å². The third-order valence-corrected chi connectivity index (χ3v) is 2.48. The lowest BCUT2D eigenvalue weighted by molar-refractivity contribution is 0.602. The standard InChI is InChI=1S/C10H16N6/c1-4-8-6-9(5-2)16(12-8)7-10-11-14-15(3)13-10/h6H,4-5,7H2,1-3H3. The molecular formula is C10H16N6. The second-order valence-corrected chi connectivity index (χ2v) is 3.69. The number of rotatable bonds is 4. The molecule has 0 saturated carbocycles. The van der Waals surface area contributed by atoms with Gasteiger partial charge in [0.15, 0.2) is 5.82 Å². The van der Waals surface area contributed by atoms with Gasteiger partial charge < -0.3 is 0 Å². The van der Waals surface area contributed by atoms with Gasteiger partial charge in [-0.1, -0.05) is 13.8 Å². The highest BCUT2D eigenvalue weighted by molar-refractivity contribution is 5.11. The van der Waals surface area contributed by atoms with E-state index in [1.165, 1.54) is 10.5 Å². The minimum absolute atomic E-state index is 0.594. The largest absolute Gasteiger partial charge is 0.262 e. The maximum absolute atomic E-state index is 4.50. The Morgan fingerprint density at radius 1 is 1.19 bits per heavy atom. The lowest BCUT2D eigenvalue weighted by Gasteiger charge is -2.01. The summed E-state index contributed by atoms with van der Waals surface area (Å²) in [5, 5.41) is 16.4. The fourth-order valence-electron chi connectivity index (χ4n) is 1.63. The lowest BCUT2D eigenvalue weighted by Crippen LogP contribution is -2.07. The highest BCUT2D eigenvalue weighted by atomic mass is 15.6. The molecule has 0 unspecified atom stereocenters. The van der Waals surface area contributed by atoms with Crippen LogP contribution in [0, 0.1) is 0 Å². The Morgan fingerprint density at radius 3 is 2.56 bits per heavy atom. The Bertz CT molecular complexity index is 469. The van der Waals surface area contributed by atoms with Gasteiger partial charge in [-0.05, 0) is 24.1 Å². The Balaban J connectivity index is 2.22. The van der Waals surface area contributed by atoms with E-state index in [0.717, 1.165) is 18.5 Å². The summed E-state index contributed by atoms with van der Waals surface area (Å²) in [6.07, 6.45) is 1.92. The highest BCUT2D eigenvalue weighted by Crippen LogP contribution is 2.07. The highest BCUT2D eigenvalue weighted by Gasteiger charge is 2.08. The molecule has 0 aliphatic rings. The van der Waals surface area contributed by atoms with Crippen LogP contribution < -0.4 is 0 Å². The van der Waals surface area contributed by atoms with E-state index in [-0.39, 0.29) is 0 Å². The maximum atomic E-state index is 4.50. The van der Waals surface area contributed by atoms with E-state index in [4.69, 9.17) is 0 Å². The molecule has 6 nitrogen and oxygen atoms in total. The minimum atomic E-state index is 0.594. The van der Waals surface area contributed by atoms with Crippen LogP contribution in [0.25, 0.3) is 0 Å². The predicted octanol–water partition coefficient (Wildman–Crippen LogP) is 0.580. The molecule has 0 aromatic carbocycles. The molecule has 0 N–H and O–H groups in total. The molecule has 86 valence electrons. The summed E-state index contributed by atoms with van der Waals surface area (Å²) in [6, 6.07) is 2.14. The summed E-state index contributed by atoms with van der Waals surface area (Å²) in [6.45, 7) is 4.82. The molecule has 0 aliphatic heterocycles. The van der Waals surface area contributed by atoms with Crippen molar-refractivity contribution in [1.29, 1.82) is 0 Å². The van der Waals surface area contributed by atoms with Crippen LogP contribution in [0.1, 0.15) is 31.1 Å². The molecule has 2 aromatic rings. The van der Waals surface area contributed by atoms with Gasteiger partial charge in [0.2, 0.25) is 0 Å². The van der Waals surface area contributed by atoms with Crippen LogP contribution >= 0.6 is 0 Å². The van der Waals surface area contributed by atoms with Crippen molar-refractivity contribution < 1.29 is 0 Å². The number of aryl methyl sites for hydroxylation is 3. The van der Waals surface area contributed by atoms with Crippen molar-refractivity contribution >= 4 is 0 Å². The molecule has 2 aromatic heterocycles. The first-order valence-electron chi connectivity index (χ1n) is 5.51. The van der Waals surface area contributed by atoms with E-state index in [1.807, 2.05) is 4.68 Å². The number of hydrogen-bond donors (Lipinski definition) is 0. The first-order chi connectivity index (χ1) is 7.72. The number of aromatic nitrogens is 6. The zero-order valence-corrected chi connectivity index (χ0v) is 9.88. The van der Waals surface area contributed by atoms with Crippen LogP contribution in [0.2, 0.25) is 0 Å². The van der Waals surface area contributed by atoms with Crippen molar-refractivity contribution in [1.82, 2.24) is 30.0 Å². The molecule has 0 bridgehead atoms. The van der Waals surface area contributed by atoms with Crippen LogP contribution in [-0.4, -0.2) is 30.0 Å². The average Bonchev–Trinajstić information content (AvgIpc) is 2.85. The molecule has 2 heterocycles. The van der Waals surface area contributed by atoms with Gasteiger partial charge in [0.05, 0.1) is 12.7 Å². The first-order valence-corrected chi connectivity index (χ1v) is 5.51. The van der Waals surface area contributed by atoms with E-state index in [0.29, 0.717) is 12.4 Å². The van der Waals surface area contributed by atoms with Gasteiger partial charge in [-0.2, -0.15) is 9.90 Å². The Kier molecular flexibility index (Phi) is 2.98. The summed E-state index contributed by atoms with van der Waals surface area (Å²) >= 11 is 0. The Labute approximate surface area is 94.3 Å². The van der Waals surface area contributed by atoms with Crippen LogP contribution in [0.5, 0.6) is 0 Å². The molecular weight excluding hydrogens is 204 g/mol. The fraction of sp³-hybridized carbons (Fsp3) is 0.600. The zero-order chi connectivity index (χ0) is 11.5. The van der Waals surface area contributed by atoms with Crippen molar-refractivity contribution in [3.63, 3.8) is 0 Å². The topological polar surface area (TPSA) is 61.4 Å². The molecule has 6 heteroatoms. The van der Waals surface area contributed by atoms with Crippen LogP contribution in [0.3, 0.4) is 0 Å². The summed E-state index contributed by atoms with van der Waals surface area (Å²) in [5.74, 6) is 0.697. The molecule has 0 atom stereocenters. The monoisotopic (exact) mass is 220 g/mol. The number of tetrazole rings is 1. The van der Waals surface area contributed by atoms with Gasteiger partial charge in [0.25, 0.3) is 0 Å². The third-order valence-electron chi connectivity index (χ3n) is 2.48. The molecule has 0 fully saturated rings. The van der Waals surface area contributed by atoms with Crippen molar-refractivity contribution in [3.05, 3.63) is 23.3 Å². The van der Waals surface area contributed by atoms with E-state index < -0.39 is 0 Å². The van der Waals surface area contributed by atoms with Crippen LogP contribution in [-0.2, 0) is 26.4 Å². The maximum Gasteiger partial charge on any atom is 0.196 e. The molecule has 2 rings (SSSR count). The Hall–Kier alpha value is -1.72. The smallest absolute Gasteiger partial charge is 0.196 e. The molecule has 0 amide bonds. The SMILES string of the molecule is CCc1cc(CC)n(Cc2nnn(C)n2)n1. The van der Waals surface area contributed by atoms with Crippen molar-refractivity contribution in [2.45, 2.75) is 33.2 Å². The van der Waals surface area contributed by atoms with Gasteiger partial charge in [0.1, 0.15) is 6.54 Å². The summed E-state index contributed by atoms with van der Waals surface area (Å²) in [7, 11) is 1.76. The number of hydrogen-bond acceptors (Lipinski definition) is 4. The van der Waals surface area contributed by atoms with Crippen LogP contribution in [0.15, 0.2) is 6.07 Å². The van der Waals surface area contributed by atoms with E-state index in [2.05, 4.69) is 40.4 Å². The van der Waals surface area contributed by atoms with Gasteiger partial charge in [-0.3, -0.25) is 4.68 Å². The van der Waals surface area contributed by atoms with Crippen LogP contribution in [0.4, 0.5) is 0 Å². The van der Waals surface area contributed by atoms with Crippen molar-refractivity contribution in [3.8, 4) is 0 Å². The van der Waals surface area contributed by atoms with E-state index in [1.54, 1.807) is 7.05 Å². The third kappa shape index (κ3) is 2.10. The van der Waals surface area contributed by atoms with E-state index in [9.17, 15) is 0 Å². The first kappa shape index (κ1) is 10.8. The molecule has 16 heavy (non-hydrogen) atoms. The zero-order valence-electron chi connectivity index (χ0n) is 9.88. The quantitative estimate of drug-likeness (QED) is 0.756. The van der Waals surface area contributed by atoms with Gasteiger partial charge in [-0.25, -0.2) is 0 Å². The van der Waals surface area contributed by atoms with Crippen molar-refractivity contribution in [2.75, 3.05) is 0 Å².